The van der Waals surface area contributed by atoms with Gasteiger partial charge in [-0.1, -0.05) is 12.1 Å². The largest absolute Gasteiger partial charge is 0.378 e. The third-order valence-electron chi connectivity index (χ3n) is 4.72. The summed E-state index contributed by atoms with van der Waals surface area (Å²) in [4.78, 5) is 28.1. The highest BCUT2D eigenvalue weighted by atomic mass is 16.2. The van der Waals surface area contributed by atoms with Crippen LogP contribution in [0.5, 0.6) is 0 Å². The van der Waals surface area contributed by atoms with Gasteiger partial charge in [0.25, 0.3) is 0 Å². The van der Waals surface area contributed by atoms with Crippen molar-refractivity contribution in [1.82, 2.24) is 15.1 Å². The number of carbonyl (C=O) groups excluding carboxylic acids is 2. The third kappa shape index (κ3) is 4.67. The van der Waals surface area contributed by atoms with Crippen LogP contribution < -0.4 is 15.1 Å². The molecule has 3 rings (SSSR count). The van der Waals surface area contributed by atoms with Gasteiger partial charge in [-0.05, 0) is 31.0 Å². The number of amides is 2. The molecule has 1 N–H and O–H groups in total. The lowest BCUT2D eigenvalue weighted by Crippen LogP contribution is -2.38. The van der Waals surface area contributed by atoms with Crippen molar-refractivity contribution >= 4 is 23.3 Å². The zero-order valence-corrected chi connectivity index (χ0v) is 16.2. The lowest BCUT2D eigenvalue weighted by molar-refractivity contribution is -0.122. The zero-order valence-electron chi connectivity index (χ0n) is 16.2. The molecule has 0 radical (unpaired) electrons. The summed E-state index contributed by atoms with van der Waals surface area (Å²) < 4.78 is 1.87. The number of nitrogens with zero attached hydrogens (tertiary/aromatic N) is 4. The van der Waals surface area contributed by atoms with Gasteiger partial charge in [-0.3, -0.25) is 14.5 Å². The summed E-state index contributed by atoms with van der Waals surface area (Å²) in [7, 11) is 4.00. The third-order valence-corrected chi connectivity index (χ3v) is 4.72. The Morgan fingerprint density at radius 2 is 2.00 bits per heavy atom. The van der Waals surface area contributed by atoms with Crippen molar-refractivity contribution in [2.75, 3.05) is 30.4 Å². The maximum absolute atomic E-state index is 12.2. The molecule has 1 aromatic heterocycles. The molecule has 0 unspecified atom stereocenters. The molecule has 1 aliphatic rings. The fourth-order valence-electron chi connectivity index (χ4n) is 3.22. The van der Waals surface area contributed by atoms with Crippen LogP contribution in [-0.2, 0) is 22.7 Å². The first-order chi connectivity index (χ1) is 12.9. The Kier molecular flexibility index (Phi) is 5.78. The van der Waals surface area contributed by atoms with Gasteiger partial charge < -0.3 is 10.2 Å². The van der Waals surface area contributed by atoms with E-state index in [1.807, 2.05) is 60.9 Å². The molecular weight excluding hydrogens is 342 g/mol. The highest BCUT2D eigenvalue weighted by molar-refractivity contribution is 5.93. The Labute approximate surface area is 159 Å². The Balaban J connectivity index is 1.45. The first-order valence-electron chi connectivity index (χ1n) is 9.32. The minimum atomic E-state index is 0.000771. The number of benzene rings is 1. The topological polar surface area (TPSA) is 70.5 Å². The summed E-state index contributed by atoms with van der Waals surface area (Å²) in [5.74, 6) is 0.940. The predicted octanol–water partition coefficient (Wildman–Crippen LogP) is 2.09. The van der Waals surface area contributed by atoms with E-state index in [2.05, 4.69) is 10.4 Å². The van der Waals surface area contributed by atoms with Crippen LogP contribution >= 0.6 is 0 Å². The van der Waals surface area contributed by atoms with Gasteiger partial charge in [0.2, 0.25) is 11.8 Å². The molecule has 0 spiro atoms. The number of nitrogens with one attached hydrogen (secondary N) is 1. The number of anilines is 2. The van der Waals surface area contributed by atoms with E-state index in [4.69, 9.17) is 0 Å². The fourth-order valence-corrected chi connectivity index (χ4v) is 3.22. The summed E-state index contributed by atoms with van der Waals surface area (Å²) in [6.07, 6.45) is 1.48. The maximum atomic E-state index is 12.2. The predicted molar refractivity (Wildman–Crippen MR) is 106 cm³/mol. The van der Waals surface area contributed by atoms with Crippen LogP contribution in [0.4, 0.5) is 11.5 Å². The molecule has 0 atom stereocenters. The van der Waals surface area contributed by atoms with Crippen molar-refractivity contribution in [3.05, 3.63) is 41.6 Å². The fraction of sp³-hybridized carbons (Fsp3) is 0.450. The number of carbonyl (C=O) groups is 2. The number of aromatic nitrogens is 2. The zero-order chi connectivity index (χ0) is 19.4. The molecule has 0 aliphatic carbocycles. The van der Waals surface area contributed by atoms with Crippen LogP contribution in [0.1, 0.15) is 30.5 Å². The van der Waals surface area contributed by atoms with Gasteiger partial charge in [-0.15, -0.1) is 0 Å². The molecule has 144 valence electrons. The summed E-state index contributed by atoms with van der Waals surface area (Å²) in [6, 6.07) is 10.0. The van der Waals surface area contributed by atoms with Crippen molar-refractivity contribution in [1.29, 1.82) is 0 Å². The van der Waals surface area contributed by atoms with Crippen LogP contribution in [0.2, 0.25) is 0 Å². The summed E-state index contributed by atoms with van der Waals surface area (Å²) in [5, 5.41) is 7.35. The summed E-state index contributed by atoms with van der Waals surface area (Å²) in [5.41, 5.74) is 3.10. The standard InChI is InChI=1S/C20H27N5O2/c1-15-13-19-24(20(27)10-12-25(19)22-15)11-4-5-18(26)21-14-16-6-8-17(9-7-16)23(2)3/h6-9,13H,4-5,10-12,14H2,1-3H3,(H,21,26). The van der Waals surface area contributed by atoms with E-state index in [-0.39, 0.29) is 11.8 Å². The van der Waals surface area contributed by atoms with Crippen LogP contribution in [0.15, 0.2) is 30.3 Å². The van der Waals surface area contributed by atoms with Gasteiger partial charge >= 0.3 is 0 Å². The average Bonchev–Trinajstić information content (AvgIpc) is 3.02. The van der Waals surface area contributed by atoms with E-state index in [1.54, 1.807) is 4.90 Å². The normalized spacial score (nSPS) is 13.4. The quantitative estimate of drug-likeness (QED) is 0.811. The molecule has 1 aliphatic heterocycles. The highest BCUT2D eigenvalue weighted by Gasteiger charge is 2.25. The second kappa shape index (κ2) is 8.24. The van der Waals surface area contributed by atoms with Gasteiger partial charge in [0, 0.05) is 51.8 Å². The second-order valence-electron chi connectivity index (χ2n) is 7.10. The van der Waals surface area contributed by atoms with Gasteiger partial charge in [0.15, 0.2) is 0 Å². The minimum absolute atomic E-state index is 0.000771. The SMILES string of the molecule is Cc1cc2n(n1)CCC(=O)N2CCCC(=O)NCc1ccc(N(C)C)cc1. The lowest BCUT2D eigenvalue weighted by Gasteiger charge is -2.27. The molecule has 0 saturated heterocycles. The Morgan fingerprint density at radius 1 is 1.26 bits per heavy atom. The molecule has 2 aromatic rings. The molecule has 0 fully saturated rings. The molecule has 7 heteroatoms. The van der Waals surface area contributed by atoms with Crippen molar-refractivity contribution in [3.8, 4) is 0 Å². The average molecular weight is 369 g/mol. The van der Waals surface area contributed by atoms with E-state index in [1.165, 1.54) is 0 Å². The van der Waals surface area contributed by atoms with Gasteiger partial charge in [-0.25, -0.2) is 4.68 Å². The molecule has 2 heterocycles. The molecule has 7 nitrogen and oxygen atoms in total. The van der Waals surface area contributed by atoms with Gasteiger partial charge in [0.1, 0.15) is 5.82 Å². The number of rotatable bonds is 7. The molecule has 0 bridgehead atoms. The molecule has 1 aromatic carbocycles. The number of aryl methyl sites for hydroxylation is 2. The van der Waals surface area contributed by atoms with Crippen molar-refractivity contribution < 1.29 is 9.59 Å². The van der Waals surface area contributed by atoms with Gasteiger partial charge in [0.05, 0.1) is 12.2 Å². The van der Waals surface area contributed by atoms with Crippen LogP contribution in [0.3, 0.4) is 0 Å². The summed E-state index contributed by atoms with van der Waals surface area (Å²) in [6.45, 7) is 3.61. The van der Waals surface area contributed by atoms with Crippen molar-refractivity contribution in [3.63, 3.8) is 0 Å². The van der Waals surface area contributed by atoms with Gasteiger partial charge in [-0.2, -0.15) is 5.10 Å². The molecule has 2 amide bonds. The van der Waals surface area contributed by atoms with Crippen LogP contribution in [0.25, 0.3) is 0 Å². The summed E-state index contributed by atoms with van der Waals surface area (Å²) >= 11 is 0. The highest BCUT2D eigenvalue weighted by Crippen LogP contribution is 2.22. The van der Waals surface area contributed by atoms with Crippen LogP contribution in [-0.4, -0.2) is 42.2 Å². The van der Waals surface area contributed by atoms with E-state index < -0.39 is 0 Å². The number of fused-ring (bicyclic) bond motifs is 1. The van der Waals surface area contributed by atoms with E-state index in [0.29, 0.717) is 38.9 Å². The molecular formula is C20H27N5O2. The van der Waals surface area contributed by atoms with E-state index >= 15 is 0 Å². The van der Waals surface area contributed by atoms with E-state index in [9.17, 15) is 9.59 Å². The van der Waals surface area contributed by atoms with Crippen molar-refractivity contribution in [2.45, 2.75) is 39.3 Å². The number of hydrogen-bond donors (Lipinski definition) is 1. The van der Waals surface area contributed by atoms with Crippen molar-refractivity contribution in [2.24, 2.45) is 0 Å². The monoisotopic (exact) mass is 369 g/mol. The molecule has 27 heavy (non-hydrogen) atoms. The first-order valence-corrected chi connectivity index (χ1v) is 9.32. The number of hydrogen-bond acceptors (Lipinski definition) is 4. The maximum Gasteiger partial charge on any atom is 0.229 e. The Hall–Kier alpha value is -2.83. The minimum Gasteiger partial charge on any atom is -0.378 e. The molecule has 0 saturated carbocycles. The van der Waals surface area contributed by atoms with Crippen LogP contribution in [0, 0.1) is 6.92 Å². The smallest absolute Gasteiger partial charge is 0.229 e. The Morgan fingerprint density at radius 3 is 2.70 bits per heavy atom. The lowest BCUT2D eigenvalue weighted by atomic mass is 10.2. The first kappa shape index (κ1) is 18.9. The Bertz CT molecular complexity index is 810. The van der Waals surface area contributed by atoms with E-state index in [0.717, 1.165) is 22.8 Å². The second-order valence-corrected chi connectivity index (χ2v) is 7.10.